The number of hydrogen-bond acceptors (Lipinski definition) is 4. The molecule has 0 amide bonds. The van der Waals surface area contributed by atoms with Crippen LogP contribution >= 0.6 is 0 Å². The molecule has 60 valence electrons. The Morgan fingerprint density at radius 2 is 2.27 bits per heavy atom. The summed E-state index contributed by atoms with van der Waals surface area (Å²) < 4.78 is 0. The van der Waals surface area contributed by atoms with Gasteiger partial charge in [-0.25, -0.2) is 4.98 Å². The lowest BCUT2D eigenvalue weighted by Gasteiger charge is -2.04. The van der Waals surface area contributed by atoms with Crippen molar-refractivity contribution in [3.8, 4) is 5.88 Å². The highest BCUT2D eigenvalue weighted by molar-refractivity contribution is 5.51. The lowest BCUT2D eigenvalue weighted by Crippen LogP contribution is -2.03. The molecule has 0 saturated heterocycles. The van der Waals surface area contributed by atoms with Crippen LogP contribution in [0.5, 0.6) is 5.88 Å². The third kappa shape index (κ3) is 1.40. The standard InChI is InChI=1S/C7H11N3O/c1-4-2-6(9)5(3-8)7(11)10-4/h2H,3,8H2,1H3,(H3,9,10,11). The number of hydrogen-bond donors (Lipinski definition) is 3. The van der Waals surface area contributed by atoms with Crippen molar-refractivity contribution in [2.45, 2.75) is 13.5 Å². The average Bonchev–Trinajstić information content (AvgIpc) is 1.85. The number of aromatic nitrogens is 1. The largest absolute Gasteiger partial charge is 0.493 e. The molecule has 0 spiro atoms. The zero-order valence-electron chi connectivity index (χ0n) is 6.33. The number of aryl methyl sites for hydroxylation is 1. The Bertz CT molecular complexity index is 249. The Morgan fingerprint density at radius 1 is 1.64 bits per heavy atom. The first-order chi connectivity index (χ1) is 5.15. The van der Waals surface area contributed by atoms with E-state index in [0.717, 1.165) is 0 Å². The van der Waals surface area contributed by atoms with Gasteiger partial charge in [0.2, 0.25) is 5.88 Å². The number of anilines is 1. The number of rotatable bonds is 1. The molecule has 0 atom stereocenters. The van der Waals surface area contributed by atoms with Crippen molar-refractivity contribution in [3.63, 3.8) is 0 Å². The van der Waals surface area contributed by atoms with Crippen LogP contribution in [0.3, 0.4) is 0 Å². The summed E-state index contributed by atoms with van der Waals surface area (Å²) in [6.07, 6.45) is 0. The van der Waals surface area contributed by atoms with E-state index in [2.05, 4.69) is 4.98 Å². The minimum atomic E-state index is -0.0648. The molecule has 4 nitrogen and oxygen atoms in total. The van der Waals surface area contributed by atoms with E-state index >= 15 is 0 Å². The van der Waals surface area contributed by atoms with Gasteiger partial charge in [0.25, 0.3) is 0 Å². The van der Waals surface area contributed by atoms with Crippen LogP contribution in [0.2, 0.25) is 0 Å². The summed E-state index contributed by atoms with van der Waals surface area (Å²) in [5, 5.41) is 9.20. The number of aromatic hydroxyl groups is 1. The maximum Gasteiger partial charge on any atom is 0.217 e. The van der Waals surface area contributed by atoms with Crippen LogP contribution in [0, 0.1) is 6.92 Å². The molecule has 1 aromatic heterocycles. The van der Waals surface area contributed by atoms with Crippen molar-refractivity contribution in [1.29, 1.82) is 0 Å². The maximum atomic E-state index is 9.20. The summed E-state index contributed by atoms with van der Waals surface area (Å²) in [5.41, 5.74) is 12.6. The third-order valence-corrected chi connectivity index (χ3v) is 1.47. The van der Waals surface area contributed by atoms with E-state index in [9.17, 15) is 5.11 Å². The SMILES string of the molecule is Cc1cc(N)c(CN)c(O)n1. The van der Waals surface area contributed by atoms with Crippen molar-refractivity contribution in [2.24, 2.45) is 5.73 Å². The number of pyridine rings is 1. The van der Waals surface area contributed by atoms with Gasteiger partial charge in [-0.15, -0.1) is 0 Å². The van der Waals surface area contributed by atoms with Gasteiger partial charge in [-0.1, -0.05) is 0 Å². The molecule has 0 radical (unpaired) electrons. The summed E-state index contributed by atoms with van der Waals surface area (Å²) in [5.74, 6) is -0.0648. The van der Waals surface area contributed by atoms with Crippen LogP contribution in [-0.4, -0.2) is 10.1 Å². The fourth-order valence-corrected chi connectivity index (χ4v) is 0.917. The van der Waals surface area contributed by atoms with E-state index in [1.807, 2.05) is 0 Å². The molecule has 0 aromatic carbocycles. The van der Waals surface area contributed by atoms with E-state index in [0.29, 0.717) is 16.9 Å². The van der Waals surface area contributed by atoms with Crippen molar-refractivity contribution in [3.05, 3.63) is 17.3 Å². The van der Waals surface area contributed by atoms with Crippen LogP contribution in [0.15, 0.2) is 6.07 Å². The predicted octanol–water partition coefficient (Wildman–Crippen LogP) is 0.137. The molecule has 0 bridgehead atoms. The van der Waals surface area contributed by atoms with Gasteiger partial charge in [0.15, 0.2) is 0 Å². The molecule has 1 aromatic rings. The van der Waals surface area contributed by atoms with Crippen LogP contribution in [0.1, 0.15) is 11.3 Å². The van der Waals surface area contributed by atoms with Gasteiger partial charge in [-0.3, -0.25) is 0 Å². The molecule has 0 aliphatic heterocycles. The monoisotopic (exact) mass is 153 g/mol. The summed E-state index contributed by atoms with van der Waals surface area (Å²) >= 11 is 0. The van der Waals surface area contributed by atoms with Gasteiger partial charge in [0, 0.05) is 17.9 Å². The highest BCUT2D eigenvalue weighted by Gasteiger charge is 2.05. The van der Waals surface area contributed by atoms with Crippen molar-refractivity contribution in [1.82, 2.24) is 4.98 Å². The molecule has 1 heterocycles. The van der Waals surface area contributed by atoms with Crippen LogP contribution in [0.4, 0.5) is 5.69 Å². The molecule has 0 saturated carbocycles. The van der Waals surface area contributed by atoms with Gasteiger partial charge in [0.05, 0.1) is 5.56 Å². The van der Waals surface area contributed by atoms with E-state index in [1.54, 1.807) is 13.0 Å². The Morgan fingerprint density at radius 3 is 2.73 bits per heavy atom. The Hall–Kier alpha value is -1.29. The second kappa shape index (κ2) is 2.75. The first-order valence-electron chi connectivity index (χ1n) is 3.30. The van der Waals surface area contributed by atoms with Crippen LogP contribution < -0.4 is 11.5 Å². The maximum absolute atomic E-state index is 9.20. The minimum Gasteiger partial charge on any atom is -0.493 e. The second-order valence-electron chi connectivity index (χ2n) is 2.36. The van der Waals surface area contributed by atoms with Gasteiger partial charge < -0.3 is 16.6 Å². The van der Waals surface area contributed by atoms with Gasteiger partial charge in [-0.05, 0) is 13.0 Å². The Labute approximate surface area is 64.9 Å². The average molecular weight is 153 g/mol. The molecule has 5 N–H and O–H groups in total. The topological polar surface area (TPSA) is 85.2 Å². The number of nitrogens with two attached hydrogens (primary N) is 2. The molecular formula is C7H11N3O. The van der Waals surface area contributed by atoms with E-state index < -0.39 is 0 Å². The molecule has 0 aliphatic rings. The van der Waals surface area contributed by atoms with E-state index in [1.165, 1.54) is 0 Å². The quantitative estimate of drug-likeness (QED) is 0.535. The first kappa shape index (κ1) is 7.81. The predicted molar refractivity (Wildman–Crippen MR) is 42.9 cm³/mol. The Balaban J connectivity index is 3.25. The lowest BCUT2D eigenvalue weighted by molar-refractivity contribution is 0.445. The normalized spacial score (nSPS) is 10.0. The molecule has 4 heteroatoms. The van der Waals surface area contributed by atoms with Gasteiger partial charge >= 0.3 is 0 Å². The Kier molecular flexibility index (Phi) is 1.96. The summed E-state index contributed by atoms with van der Waals surface area (Å²) in [6.45, 7) is 1.97. The smallest absolute Gasteiger partial charge is 0.217 e. The zero-order valence-corrected chi connectivity index (χ0v) is 6.33. The highest BCUT2D eigenvalue weighted by Crippen LogP contribution is 2.20. The fourth-order valence-electron chi connectivity index (χ4n) is 0.917. The van der Waals surface area contributed by atoms with E-state index in [-0.39, 0.29) is 12.4 Å². The van der Waals surface area contributed by atoms with Crippen LogP contribution in [-0.2, 0) is 6.54 Å². The lowest BCUT2D eigenvalue weighted by atomic mass is 10.2. The van der Waals surface area contributed by atoms with E-state index in [4.69, 9.17) is 11.5 Å². The molecule has 0 aliphatic carbocycles. The van der Waals surface area contributed by atoms with Gasteiger partial charge in [-0.2, -0.15) is 0 Å². The summed E-state index contributed by atoms with van der Waals surface area (Å²) in [4.78, 5) is 3.80. The molecular weight excluding hydrogens is 142 g/mol. The third-order valence-electron chi connectivity index (χ3n) is 1.47. The second-order valence-corrected chi connectivity index (χ2v) is 2.36. The molecule has 1 rings (SSSR count). The first-order valence-corrected chi connectivity index (χ1v) is 3.30. The highest BCUT2D eigenvalue weighted by atomic mass is 16.3. The molecule has 11 heavy (non-hydrogen) atoms. The molecule has 0 fully saturated rings. The zero-order chi connectivity index (χ0) is 8.43. The number of nitrogens with zero attached hydrogens (tertiary/aromatic N) is 1. The van der Waals surface area contributed by atoms with Gasteiger partial charge in [0.1, 0.15) is 0 Å². The van der Waals surface area contributed by atoms with Crippen molar-refractivity contribution >= 4 is 5.69 Å². The number of nitrogen functional groups attached to an aromatic ring is 1. The minimum absolute atomic E-state index is 0.0648. The summed E-state index contributed by atoms with van der Waals surface area (Å²) in [7, 11) is 0. The van der Waals surface area contributed by atoms with Crippen LogP contribution in [0.25, 0.3) is 0 Å². The van der Waals surface area contributed by atoms with Crippen molar-refractivity contribution in [2.75, 3.05) is 5.73 Å². The fraction of sp³-hybridized carbons (Fsp3) is 0.286. The molecule has 0 unspecified atom stereocenters. The van der Waals surface area contributed by atoms with Crippen molar-refractivity contribution < 1.29 is 5.11 Å². The summed E-state index contributed by atoms with van der Waals surface area (Å²) in [6, 6.07) is 1.68.